The highest BCUT2D eigenvalue weighted by Gasteiger charge is 2.77. The largest absolute Gasteiger partial charge is 0.472 e. The minimum atomic E-state index is -1.43. The van der Waals surface area contributed by atoms with Gasteiger partial charge in [0.2, 0.25) is 0 Å². The number of aldehydes is 1. The lowest BCUT2D eigenvalue weighted by molar-refractivity contribution is -0.281. The van der Waals surface area contributed by atoms with Gasteiger partial charge in [0.25, 0.3) is 0 Å². The molecule has 0 N–H and O–H groups in total. The smallest absolute Gasteiger partial charge is 0.333 e. The van der Waals surface area contributed by atoms with Crippen molar-refractivity contribution in [2.45, 2.75) is 111 Å². The number of carbonyl (C=O) groups excluding carboxylic acids is 5. The predicted octanol–water partition coefficient (Wildman–Crippen LogP) is 5.02. The topological polar surface area (TPSA) is 145 Å². The number of rotatable bonds is 8. The Bertz CT molecular complexity index is 1510. The van der Waals surface area contributed by atoms with Crippen LogP contribution in [0.4, 0.5) is 0 Å². The zero-order valence-electron chi connectivity index (χ0n) is 28.6. The molecular formula is C36H46O11. The fraction of sp³-hybridized carbons (Fsp3) is 0.639. The van der Waals surface area contributed by atoms with Gasteiger partial charge >= 0.3 is 23.9 Å². The average Bonchev–Trinajstić information content (AvgIpc) is 3.73. The maximum atomic E-state index is 13.5. The molecule has 47 heavy (non-hydrogen) atoms. The van der Waals surface area contributed by atoms with Gasteiger partial charge in [-0.3, -0.25) is 14.4 Å². The van der Waals surface area contributed by atoms with E-state index in [1.165, 1.54) is 21.0 Å². The third-order valence-electron chi connectivity index (χ3n) is 11.9. The van der Waals surface area contributed by atoms with Crippen LogP contribution >= 0.6 is 0 Å². The van der Waals surface area contributed by atoms with Crippen molar-refractivity contribution in [1.29, 1.82) is 0 Å². The molecule has 1 aliphatic heterocycles. The van der Waals surface area contributed by atoms with E-state index < -0.39 is 76.4 Å². The summed E-state index contributed by atoms with van der Waals surface area (Å²) in [6.07, 6.45) is 1.99. The van der Waals surface area contributed by atoms with Gasteiger partial charge in [-0.2, -0.15) is 0 Å². The van der Waals surface area contributed by atoms with Crippen molar-refractivity contribution >= 4 is 30.2 Å². The molecule has 5 rings (SSSR count). The summed E-state index contributed by atoms with van der Waals surface area (Å²) in [5.74, 6) is -3.83. The van der Waals surface area contributed by atoms with Crippen LogP contribution in [0, 0.1) is 28.1 Å². The highest BCUT2D eigenvalue weighted by atomic mass is 16.6. The Morgan fingerprint density at radius 1 is 1.00 bits per heavy atom. The molecule has 0 bridgehead atoms. The maximum Gasteiger partial charge on any atom is 0.333 e. The number of hydrogen-bond acceptors (Lipinski definition) is 11. The van der Waals surface area contributed by atoms with Crippen molar-refractivity contribution in [3.63, 3.8) is 0 Å². The number of esters is 4. The van der Waals surface area contributed by atoms with Gasteiger partial charge < -0.3 is 32.9 Å². The first kappa shape index (κ1) is 34.6. The molecule has 11 heteroatoms. The highest BCUT2D eigenvalue weighted by molar-refractivity contribution is 5.87. The van der Waals surface area contributed by atoms with Crippen LogP contribution < -0.4 is 0 Å². The SMILES string of the molecule is C/C=C(\C)C(=O)O[C@H]1C[C@@H](OC(C)=O)[C@@](C)(C=O)[C@@H]2[C@H](OC(C)=O)[C@H]3O[C@@H]4C[C@@H](c5ccoc5)C(C)=C4[C@@]3(C)[C@H](CC(=O)OC)[C@@]12C. The summed E-state index contributed by atoms with van der Waals surface area (Å²) in [6, 6.07) is 1.92. The van der Waals surface area contributed by atoms with Gasteiger partial charge in [0.05, 0.1) is 31.2 Å². The zero-order valence-corrected chi connectivity index (χ0v) is 28.6. The van der Waals surface area contributed by atoms with E-state index >= 15 is 0 Å². The van der Waals surface area contributed by atoms with Gasteiger partial charge in [0.15, 0.2) is 0 Å². The lowest BCUT2D eigenvalue weighted by Gasteiger charge is -2.67. The number of fused-ring (bicyclic) bond motifs is 4. The molecular weight excluding hydrogens is 608 g/mol. The number of allylic oxidation sites excluding steroid dienone is 2. The molecule has 0 spiro atoms. The summed E-state index contributed by atoms with van der Waals surface area (Å²) in [7, 11) is 1.31. The second kappa shape index (κ2) is 12.4. The minimum absolute atomic E-state index is 0.00563. The second-order valence-corrected chi connectivity index (χ2v) is 14.2. The summed E-state index contributed by atoms with van der Waals surface area (Å²) in [6.45, 7) is 13.5. The Morgan fingerprint density at radius 3 is 2.23 bits per heavy atom. The lowest BCUT2D eigenvalue weighted by atomic mass is 9.39. The molecule has 3 fully saturated rings. The molecule has 2 saturated carbocycles. The number of methoxy groups -OCH3 is 1. The molecule has 1 aromatic rings. The Morgan fingerprint density at radius 2 is 1.68 bits per heavy atom. The van der Waals surface area contributed by atoms with Crippen LogP contribution in [0.15, 0.2) is 45.8 Å². The van der Waals surface area contributed by atoms with Crippen LogP contribution in [0.5, 0.6) is 0 Å². The van der Waals surface area contributed by atoms with E-state index in [2.05, 4.69) is 6.92 Å². The summed E-state index contributed by atoms with van der Waals surface area (Å²) in [4.78, 5) is 65.6. The molecule has 0 radical (unpaired) electrons. The number of ether oxygens (including phenoxy) is 5. The van der Waals surface area contributed by atoms with E-state index in [1.807, 2.05) is 19.9 Å². The lowest BCUT2D eigenvalue weighted by Crippen LogP contribution is -2.74. The van der Waals surface area contributed by atoms with Crippen molar-refractivity contribution < 1.29 is 52.1 Å². The van der Waals surface area contributed by atoms with Crippen LogP contribution in [0.1, 0.15) is 86.1 Å². The van der Waals surface area contributed by atoms with Crippen LogP contribution in [-0.2, 0) is 47.7 Å². The molecule has 1 aromatic heterocycles. The molecule has 4 aliphatic rings. The fourth-order valence-electron chi connectivity index (χ4n) is 9.77. The summed E-state index contributed by atoms with van der Waals surface area (Å²) in [5.41, 5.74) is -0.161. The van der Waals surface area contributed by atoms with Crippen LogP contribution in [0.25, 0.3) is 0 Å². The summed E-state index contributed by atoms with van der Waals surface area (Å²) >= 11 is 0. The fourth-order valence-corrected chi connectivity index (χ4v) is 9.77. The normalized spacial score (nSPS) is 39.3. The number of hydrogen-bond donors (Lipinski definition) is 0. The van der Waals surface area contributed by atoms with E-state index in [-0.39, 0.29) is 24.9 Å². The molecule has 0 amide bonds. The first-order valence-corrected chi connectivity index (χ1v) is 16.2. The Labute approximate surface area is 275 Å². The van der Waals surface area contributed by atoms with Crippen molar-refractivity contribution in [2.24, 2.45) is 28.1 Å². The Hall–Kier alpha value is -3.73. The van der Waals surface area contributed by atoms with Crippen molar-refractivity contribution in [3.05, 3.63) is 47.0 Å². The van der Waals surface area contributed by atoms with E-state index in [0.717, 1.165) is 23.0 Å². The molecule has 1 saturated heterocycles. The number of furan rings is 1. The van der Waals surface area contributed by atoms with Crippen LogP contribution in [0.2, 0.25) is 0 Å². The predicted molar refractivity (Wildman–Crippen MR) is 166 cm³/mol. The van der Waals surface area contributed by atoms with Crippen LogP contribution in [0.3, 0.4) is 0 Å². The third-order valence-corrected chi connectivity index (χ3v) is 11.9. The van der Waals surface area contributed by atoms with Crippen molar-refractivity contribution in [1.82, 2.24) is 0 Å². The Kier molecular flexibility index (Phi) is 9.11. The van der Waals surface area contributed by atoms with E-state index in [1.54, 1.807) is 39.4 Å². The summed E-state index contributed by atoms with van der Waals surface area (Å²) < 4.78 is 35.9. The van der Waals surface area contributed by atoms with Gasteiger partial charge in [0, 0.05) is 54.9 Å². The van der Waals surface area contributed by atoms with E-state index in [4.69, 9.17) is 28.1 Å². The second-order valence-electron chi connectivity index (χ2n) is 14.2. The average molecular weight is 655 g/mol. The van der Waals surface area contributed by atoms with Crippen molar-refractivity contribution in [3.8, 4) is 0 Å². The third kappa shape index (κ3) is 5.25. The first-order valence-electron chi connectivity index (χ1n) is 16.2. The monoisotopic (exact) mass is 654 g/mol. The van der Waals surface area contributed by atoms with E-state index in [9.17, 15) is 24.0 Å². The first-order chi connectivity index (χ1) is 22.1. The maximum absolute atomic E-state index is 13.5. The van der Waals surface area contributed by atoms with E-state index in [0.29, 0.717) is 12.0 Å². The highest BCUT2D eigenvalue weighted by Crippen LogP contribution is 2.72. The molecule has 11 nitrogen and oxygen atoms in total. The Balaban J connectivity index is 1.81. The van der Waals surface area contributed by atoms with Crippen LogP contribution in [-0.4, -0.2) is 67.8 Å². The van der Waals surface area contributed by atoms with Gasteiger partial charge in [-0.25, -0.2) is 4.79 Å². The standard InChI is InChI=1S/C36H46O11/c1-10-18(2)33(41)47-27-15-26(44-20(4)38)34(6,17-37)31-30(45-21(5)39)32-36(8,25(35(27,31)7)14-28(40)42-9)29-19(3)23(13-24(29)46-32)22-11-12-43-16-22/h10-12,16-17,23-27,30-32H,13-15H2,1-9H3/b18-10+/t23-,24-,25-,26-,27+,30+,31+,32-,34-,35+,36-/m1/s1. The zero-order chi connectivity index (χ0) is 34.6. The quantitative estimate of drug-likeness (QED) is 0.122. The molecule has 256 valence electrons. The minimum Gasteiger partial charge on any atom is -0.472 e. The van der Waals surface area contributed by atoms with Gasteiger partial charge in [0.1, 0.15) is 30.7 Å². The van der Waals surface area contributed by atoms with Gasteiger partial charge in [-0.15, -0.1) is 0 Å². The summed E-state index contributed by atoms with van der Waals surface area (Å²) in [5, 5.41) is 0. The van der Waals surface area contributed by atoms with Gasteiger partial charge in [-0.05, 0) is 57.2 Å². The molecule has 3 aliphatic carbocycles. The van der Waals surface area contributed by atoms with Crippen molar-refractivity contribution in [2.75, 3.05) is 7.11 Å². The molecule has 0 aromatic carbocycles. The molecule has 0 unspecified atom stereocenters. The molecule has 11 atom stereocenters. The van der Waals surface area contributed by atoms with Gasteiger partial charge in [-0.1, -0.05) is 25.5 Å². The number of carbonyl (C=O) groups is 5. The molecule has 2 heterocycles.